The number of amides is 1. The van der Waals surface area contributed by atoms with E-state index in [1.54, 1.807) is 24.1 Å². The number of fused-ring (bicyclic) bond motifs is 1. The molecule has 1 fully saturated rings. The van der Waals surface area contributed by atoms with Gasteiger partial charge in [0.15, 0.2) is 5.76 Å². The number of aryl methyl sites for hydroxylation is 1. The fraction of sp³-hybridized carbons (Fsp3) is 0.286. The van der Waals surface area contributed by atoms with Gasteiger partial charge in [-0.25, -0.2) is 12.8 Å². The minimum atomic E-state index is -3.74. The lowest BCUT2D eigenvalue weighted by Gasteiger charge is -2.33. The van der Waals surface area contributed by atoms with Crippen molar-refractivity contribution in [2.75, 3.05) is 33.3 Å². The van der Waals surface area contributed by atoms with Crippen LogP contribution < -0.4 is 4.74 Å². The first kappa shape index (κ1) is 20.4. The minimum absolute atomic E-state index is 0.0331. The number of nitrogens with zero attached hydrogens (tertiary/aromatic N) is 2. The van der Waals surface area contributed by atoms with Crippen LogP contribution in [0.3, 0.4) is 0 Å². The van der Waals surface area contributed by atoms with Crippen LogP contribution >= 0.6 is 0 Å². The molecule has 0 radical (unpaired) electrons. The highest BCUT2D eigenvalue weighted by Gasteiger charge is 2.32. The lowest BCUT2D eigenvalue weighted by Crippen LogP contribution is -2.50. The molecule has 4 rings (SSSR count). The average Bonchev–Trinajstić information content (AvgIpc) is 3.09. The first-order valence-electron chi connectivity index (χ1n) is 9.43. The Hall–Kier alpha value is -2.91. The van der Waals surface area contributed by atoms with E-state index in [9.17, 15) is 17.6 Å². The van der Waals surface area contributed by atoms with E-state index in [1.807, 2.05) is 13.0 Å². The second-order valence-electron chi connectivity index (χ2n) is 7.07. The number of furan rings is 1. The van der Waals surface area contributed by atoms with Crippen molar-refractivity contribution in [1.29, 1.82) is 0 Å². The number of carbonyl (C=O) groups excluding carboxylic acids is 1. The molecule has 0 saturated carbocycles. The summed E-state index contributed by atoms with van der Waals surface area (Å²) in [6.07, 6.45) is 0. The summed E-state index contributed by atoms with van der Waals surface area (Å²) in [5.74, 6) is 0.141. The highest BCUT2D eigenvalue weighted by atomic mass is 32.2. The average molecular weight is 432 g/mol. The lowest BCUT2D eigenvalue weighted by molar-refractivity contribution is 0.0667. The number of benzene rings is 2. The lowest BCUT2D eigenvalue weighted by atomic mass is 10.1. The van der Waals surface area contributed by atoms with Crippen molar-refractivity contribution < 1.29 is 26.8 Å². The van der Waals surface area contributed by atoms with Gasteiger partial charge in [-0.1, -0.05) is 0 Å². The molecule has 0 atom stereocenters. The Morgan fingerprint density at radius 3 is 2.37 bits per heavy atom. The zero-order chi connectivity index (χ0) is 21.5. The molecule has 0 N–H and O–H groups in total. The van der Waals surface area contributed by atoms with Gasteiger partial charge in [0.2, 0.25) is 10.0 Å². The molecule has 1 aromatic heterocycles. The van der Waals surface area contributed by atoms with Crippen LogP contribution in [0.15, 0.2) is 51.8 Å². The van der Waals surface area contributed by atoms with E-state index < -0.39 is 15.8 Å². The zero-order valence-electron chi connectivity index (χ0n) is 16.6. The van der Waals surface area contributed by atoms with Crippen LogP contribution in [-0.4, -0.2) is 56.8 Å². The Balaban J connectivity index is 1.50. The second-order valence-corrected chi connectivity index (χ2v) is 9.01. The molecule has 2 aromatic carbocycles. The fourth-order valence-electron chi connectivity index (χ4n) is 3.56. The molecular weight excluding hydrogens is 411 g/mol. The maximum Gasteiger partial charge on any atom is 0.289 e. The van der Waals surface area contributed by atoms with E-state index in [1.165, 1.54) is 16.4 Å². The van der Waals surface area contributed by atoms with Crippen LogP contribution in [0, 0.1) is 12.7 Å². The van der Waals surface area contributed by atoms with E-state index in [-0.39, 0.29) is 42.7 Å². The normalized spacial score (nSPS) is 15.5. The predicted octanol–water partition coefficient (Wildman–Crippen LogP) is 3.04. The van der Waals surface area contributed by atoms with Crippen molar-refractivity contribution in [3.05, 3.63) is 59.6 Å². The third-order valence-electron chi connectivity index (χ3n) is 5.31. The molecule has 1 aliphatic rings. The predicted molar refractivity (Wildman–Crippen MR) is 109 cm³/mol. The molecule has 0 bridgehead atoms. The number of rotatable bonds is 4. The van der Waals surface area contributed by atoms with E-state index in [0.29, 0.717) is 11.3 Å². The molecule has 0 unspecified atom stereocenters. The molecule has 158 valence electrons. The van der Waals surface area contributed by atoms with Crippen molar-refractivity contribution >= 4 is 26.9 Å². The summed E-state index contributed by atoms with van der Waals surface area (Å²) < 4.78 is 50.9. The van der Waals surface area contributed by atoms with Crippen molar-refractivity contribution in [1.82, 2.24) is 9.21 Å². The number of hydrogen-bond acceptors (Lipinski definition) is 5. The van der Waals surface area contributed by atoms with Gasteiger partial charge in [-0.2, -0.15) is 4.31 Å². The van der Waals surface area contributed by atoms with Crippen LogP contribution in [0.4, 0.5) is 4.39 Å². The van der Waals surface area contributed by atoms with Gasteiger partial charge in [0.1, 0.15) is 17.1 Å². The summed E-state index contributed by atoms with van der Waals surface area (Å²) in [5, 5.41) is 0.801. The first-order chi connectivity index (χ1) is 14.3. The Kier molecular flexibility index (Phi) is 5.25. The van der Waals surface area contributed by atoms with Crippen LogP contribution in [0.1, 0.15) is 16.1 Å². The topological polar surface area (TPSA) is 80.1 Å². The number of carbonyl (C=O) groups is 1. The van der Waals surface area contributed by atoms with Gasteiger partial charge in [-0.05, 0) is 49.4 Å². The summed E-state index contributed by atoms with van der Waals surface area (Å²) in [4.78, 5) is 14.6. The quantitative estimate of drug-likeness (QED) is 0.633. The molecule has 30 heavy (non-hydrogen) atoms. The van der Waals surface area contributed by atoms with E-state index in [4.69, 9.17) is 9.15 Å². The van der Waals surface area contributed by atoms with E-state index >= 15 is 0 Å². The molecule has 9 heteroatoms. The Morgan fingerprint density at radius 2 is 1.73 bits per heavy atom. The van der Waals surface area contributed by atoms with Gasteiger partial charge in [-0.3, -0.25) is 4.79 Å². The highest BCUT2D eigenvalue weighted by molar-refractivity contribution is 7.89. The third-order valence-corrected chi connectivity index (χ3v) is 7.23. The molecule has 7 nitrogen and oxygen atoms in total. The number of hydrogen-bond donors (Lipinski definition) is 0. The Morgan fingerprint density at radius 1 is 1.07 bits per heavy atom. The van der Waals surface area contributed by atoms with E-state index in [0.717, 1.165) is 23.1 Å². The Bertz CT molecular complexity index is 1200. The number of methoxy groups -OCH3 is 1. The van der Waals surface area contributed by atoms with Gasteiger partial charge < -0.3 is 14.1 Å². The number of sulfonamides is 1. The second kappa shape index (κ2) is 7.73. The van der Waals surface area contributed by atoms with Gasteiger partial charge in [0, 0.05) is 37.1 Å². The molecule has 0 aliphatic carbocycles. The van der Waals surface area contributed by atoms with E-state index in [2.05, 4.69) is 0 Å². The molecule has 1 amide bonds. The van der Waals surface area contributed by atoms with Gasteiger partial charge in [-0.15, -0.1) is 0 Å². The number of piperazine rings is 1. The summed E-state index contributed by atoms with van der Waals surface area (Å²) in [6.45, 7) is 2.59. The molecule has 1 saturated heterocycles. The molecule has 0 spiro atoms. The van der Waals surface area contributed by atoms with Crippen molar-refractivity contribution in [2.45, 2.75) is 11.8 Å². The number of halogens is 1. The molecule has 1 aliphatic heterocycles. The summed E-state index contributed by atoms with van der Waals surface area (Å²) >= 11 is 0. The Labute approximate surface area is 173 Å². The monoisotopic (exact) mass is 432 g/mol. The SMILES string of the molecule is COc1ccc2oc(C(=O)N3CCN(S(=O)(=O)c4ccc(F)cc4)CC3)c(C)c2c1. The first-order valence-corrected chi connectivity index (χ1v) is 10.9. The van der Waals surface area contributed by atoms with Crippen LogP contribution in [0.2, 0.25) is 0 Å². The van der Waals surface area contributed by atoms with Crippen LogP contribution in [-0.2, 0) is 10.0 Å². The minimum Gasteiger partial charge on any atom is -0.497 e. The fourth-order valence-corrected chi connectivity index (χ4v) is 4.98. The number of ether oxygens (including phenoxy) is 1. The van der Waals surface area contributed by atoms with Crippen molar-refractivity contribution in [3.8, 4) is 5.75 Å². The van der Waals surface area contributed by atoms with Crippen LogP contribution in [0.5, 0.6) is 5.75 Å². The van der Waals surface area contributed by atoms with Crippen molar-refractivity contribution in [3.63, 3.8) is 0 Å². The van der Waals surface area contributed by atoms with Crippen LogP contribution in [0.25, 0.3) is 11.0 Å². The summed E-state index contributed by atoms with van der Waals surface area (Å²) in [7, 11) is -2.17. The summed E-state index contributed by atoms with van der Waals surface area (Å²) in [5.41, 5.74) is 1.31. The maximum atomic E-state index is 13.1. The van der Waals surface area contributed by atoms with Crippen molar-refractivity contribution in [2.24, 2.45) is 0 Å². The zero-order valence-corrected chi connectivity index (χ0v) is 17.4. The molecule has 3 aromatic rings. The maximum absolute atomic E-state index is 13.1. The standard InChI is InChI=1S/C21H21FN2O5S/c1-14-18-13-16(28-2)5-8-19(18)29-20(14)21(25)23-9-11-24(12-10-23)30(26,27)17-6-3-15(22)4-7-17/h3-8,13H,9-12H2,1-2H3. The smallest absolute Gasteiger partial charge is 0.289 e. The molecular formula is C21H21FN2O5S. The van der Waals surface area contributed by atoms with Gasteiger partial charge in [0.05, 0.1) is 12.0 Å². The summed E-state index contributed by atoms with van der Waals surface area (Å²) in [6, 6.07) is 10.1. The van der Waals surface area contributed by atoms with Gasteiger partial charge in [0.25, 0.3) is 5.91 Å². The third kappa shape index (κ3) is 3.54. The highest BCUT2D eigenvalue weighted by Crippen LogP contribution is 2.30. The van der Waals surface area contributed by atoms with Gasteiger partial charge >= 0.3 is 0 Å². The molecule has 2 heterocycles. The largest absolute Gasteiger partial charge is 0.497 e.